The van der Waals surface area contributed by atoms with Gasteiger partial charge in [0.1, 0.15) is 11.2 Å². The molecule has 0 aromatic heterocycles. The van der Waals surface area contributed by atoms with Crippen LogP contribution >= 0.6 is 27.5 Å². The van der Waals surface area contributed by atoms with E-state index in [0.717, 1.165) is 11.1 Å². The highest BCUT2D eigenvalue weighted by molar-refractivity contribution is 9.09. The number of carbonyl (C=O) groups is 2. The van der Waals surface area contributed by atoms with E-state index < -0.39 is 5.38 Å². The summed E-state index contributed by atoms with van der Waals surface area (Å²) >= 11 is 9.68. The summed E-state index contributed by atoms with van der Waals surface area (Å²) in [5.74, 6) is -0.624. The van der Waals surface area contributed by atoms with E-state index in [2.05, 4.69) is 26.8 Å². The number of nitrogens with zero attached hydrogens (tertiary/aromatic N) is 2. The Morgan fingerprint density at radius 3 is 2.80 bits per heavy atom. The lowest BCUT2D eigenvalue weighted by molar-refractivity contribution is -0.139. The van der Waals surface area contributed by atoms with Crippen molar-refractivity contribution in [1.29, 1.82) is 0 Å². The lowest BCUT2D eigenvalue weighted by Gasteiger charge is -2.43. The first-order valence-corrected chi connectivity index (χ1v) is 9.32. The largest absolute Gasteiger partial charge is 0.336 e. The normalized spacial score (nSPS) is 28.2. The standard InChI is InChI=1S/C16H19BrClFN4O2/c1-9-6-11(19)3-2-10(9)7-22-4-5-23(8-12(22)24)14-13(18)16(25)21-20-15(14)17/h2-3,6,13-15,20H,4-5,7-8H2,1H3,(H,21,25). The van der Waals surface area contributed by atoms with E-state index in [0.29, 0.717) is 19.6 Å². The van der Waals surface area contributed by atoms with Crippen LogP contribution in [0.15, 0.2) is 18.2 Å². The molecule has 0 spiro atoms. The highest BCUT2D eigenvalue weighted by Crippen LogP contribution is 2.24. The number of rotatable bonds is 3. The molecule has 0 radical (unpaired) electrons. The Kier molecular flexibility index (Phi) is 5.62. The van der Waals surface area contributed by atoms with Crippen molar-refractivity contribution < 1.29 is 14.0 Å². The van der Waals surface area contributed by atoms with Crippen LogP contribution in [0, 0.1) is 12.7 Å². The van der Waals surface area contributed by atoms with Crippen LogP contribution in [-0.2, 0) is 16.1 Å². The van der Waals surface area contributed by atoms with Gasteiger partial charge in [0.05, 0.1) is 17.5 Å². The van der Waals surface area contributed by atoms with E-state index in [-0.39, 0.29) is 35.2 Å². The summed E-state index contributed by atoms with van der Waals surface area (Å²) in [6.45, 7) is 3.60. The number of benzene rings is 1. The van der Waals surface area contributed by atoms with Crippen LogP contribution in [0.4, 0.5) is 4.39 Å². The number of halogens is 3. The van der Waals surface area contributed by atoms with Gasteiger partial charge in [0.15, 0.2) is 0 Å². The lowest BCUT2D eigenvalue weighted by atomic mass is 10.1. The average molecular weight is 434 g/mol. The molecule has 3 atom stereocenters. The molecule has 2 amide bonds. The maximum absolute atomic E-state index is 13.2. The van der Waals surface area contributed by atoms with Crippen LogP contribution in [0.25, 0.3) is 0 Å². The van der Waals surface area contributed by atoms with Crippen LogP contribution in [0.1, 0.15) is 11.1 Å². The molecule has 3 rings (SSSR count). The highest BCUT2D eigenvalue weighted by atomic mass is 79.9. The summed E-state index contributed by atoms with van der Waals surface area (Å²) in [6, 6.07) is 4.26. The number of piperazine rings is 1. The topological polar surface area (TPSA) is 64.7 Å². The number of aryl methyl sites for hydroxylation is 1. The zero-order valence-electron chi connectivity index (χ0n) is 13.6. The Labute approximate surface area is 158 Å². The molecule has 2 aliphatic heterocycles. The Morgan fingerprint density at radius 2 is 2.12 bits per heavy atom. The van der Waals surface area contributed by atoms with Gasteiger partial charge >= 0.3 is 0 Å². The Morgan fingerprint density at radius 1 is 1.36 bits per heavy atom. The zero-order valence-corrected chi connectivity index (χ0v) is 16.0. The number of hydrazine groups is 1. The van der Waals surface area contributed by atoms with Crippen molar-refractivity contribution in [3.8, 4) is 0 Å². The van der Waals surface area contributed by atoms with Crippen LogP contribution in [-0.4, -0.2) is 57.6 Å². The van der Waals surface area contributed by atoms with Crippen LogP contribution in [0.3, 0.4) is 0 Å². The van der Waals surface area contributed by atoms with Gasteiger partial charge in [-0.3, -0.25) is 19.9 Å². The predicted octanol–water partition coefficient (Wildman–Crippen LogP) is 1.11. The molecular formula is C16H19BrClFN4O2. The summed E-state index contributed by atoms with van der Waals surface area (Å²) < 4.78 is 13.2. The van der Waals surface area contributed by atoms with Gasteiger partial charge in [-0.1, -0.05) is 22.0 Å². The lowest BCUT2D eigenvalue weighted by Crippen LogP contribution is -2.67. The summed E-state index contributed by atoms with van der Waals surface area (Å²) in [6.07, 6.45) is 0. The minimum absolute atomic E-state index is 0.0375. The first-order valence-electron chi connectivity index (χ1n) is 7.97. The summed E-state index contributed by atoms with van der Waals surface area (Å²) in [4.78, 5) is 27.7. The second kappa shape index (κ2) is 7.57. The molecule has 2 aliphatic rings. The van der Waals surface area contributed by atoms with Crippen LogP contribution in [0.2, 0.25) is 0 Å². The van der Waals surface area contributed by atoms with Gasteiger partial charge in [-0.25, -0.2) is 9.82 Å². The molecule has 2 heterocycles. The van der Waals surface area contributed by atoms with Gasteiger partial charge in [-0.15, -0.1) is 11.6 Å². The van der Waals surface area contributed by atoms with Crippen molar-refractivity contribution in [3.05, 3.63) is 35.1 Å². The van der Waals surface area contributed by atoms with Crippen molar-refractivity contribution >= 4 is 39.3 Å². The molecule has 0 aliphatic carbocycles. The van der Waals surface area contributed by atoms with Gasteiger partial charge in [0.2, 0.25) is 5.91 Å². The third-order valence-corrected chi connectivity index (χ3v) is 5.85. The van der Waals surface area contributed by atoms with E-state index in [4.69, 9.17) is 11.6 Å². The SMILES string of the molecule is Cc1cc(F)ccc1CN1CCN(C2C(Br)NNC(=O)C2Cl)CC1=O. The first kappa shape index (κ1) is 18.6. The molecule has 6 nitrogen and oxygen atoms in total. The number of alkyl halides is 2. The molecule has 136 valence electrons. The molecule has 1 aromatic rings. The number of amides is 2. The smallest absolute Gasteiger partial charge is 0.253 e. The second-order valence-corrected chi connectivity index (χ2v) is 7.74. The van der Waals surface area contributed by atoms with Crippen molar-refractivity contribution in [2.45, 2.75) is 29.8 Å². The van der Waals surface area contributed by atoms with E-state index in [1.165, 1.54) is 12.1 Å². The average Bonchev–Trinajstić information content (AvgIpc) is 2.56. The molecule has 2 fully saturated rings. The summed E-state index contributed by atoms with van der Waals surface area (Å²) in [5.41, 5.74) is 7.06. The third-order valence-electron chi connectivity index (χ3n) is 4.62. The van der Waals surface area contributed by atoms with Gasteiger partial charge in [-0.2, -0.15) is 0 Å². The van der Waals surface area contributed by atoms with Gasteiger partial charge in [0.25, 0.3) is 5.91 Å². The van der Waals surface area contributed by atoms with E-state index in [1.54, 1.807) is 11.0 Å². The van der Waals surface area contributed by atoms with Crippen molar-refractivity contribution in [2.24, 2.45) is 0 Å². The second-order valence-electron chi connectivity index (χ2n) is 6.28. The Hall–Kier alpha value is -1.22. The van der Waals surface area contributed by atoms with E-state index in [9.17, 15) is 14.0 Å². The molecule has 1 aromatic carbocycles. The molecule has 0 saturated carbocycles. The van der Waals surface area contributed by atoms with Gasteiger partial charge < -0.3 is 4.90 Å². The molecule has 2 saturated heterocycles. The fourth-order valence-corrected chi connectivity index (χ4v) is 4.45. The molecule has 3 unspecified atom stereocenters. The van der Waals surface area contributed by atoms with Crippen LogP contribution in [0.5, 0.6) is 0 Å². The Bertz CT molecular complexity index is 692. The number of hydrogen-bond acceptors (Lipinski definition) is 4. The minimum atomic E-state index is -0.746. The summed E-state index contributed by atoms with van der Waals surface area (Å²) in [5, 5.41) is -0.746. The third kappa shape index (κ3) is 3.97. The van der Waals surface area contributed by atoms with Crippen molar-refractivity contribution in [2.75, 3.05) is 19.6 Å². The fraction of sp³-hybridized carbons (Fsp3) is 0.500. The molecule has 25 heavy (non-hydrogen) atoms. The van der Waals surface area contributed by atoms with Crippen LogP contribution < -0.4 is 10.9 Å². The monoisotopic (exact) mass is 432 g/mol. The van der Waals surface area contributed by atoms with E-state index >= 15 is 0 Å². The number of hydrogen-bond donors (Lipinski definition) is 2. The van der Waals surface area contributed by atoms with Gasteiger partial charge in [-0.05, 0) is 30.2 Å². The summed E-state index contributed by atoms with van der Waals surface area (Å²) in [7, 11) is 0. The number of nitrogens with one attached hydrogen (secondary N) is 2. The predicted molar refractivity (Wildman–Crippen MR) is 95.5 cm³/mol. The maximum Gasteiger partial charge on any atom is 0.253 e. The van der Waals surface area contributed by atoms with Gasteiger partial charge in [0, 0.05) is 19.6 Å². The first-order chi connectivity index (χ1) is 11.9. The van der Waals surface area contributed by atoms with E-state index in [1.807, 2.05) is 11.8 Å². The van der Waals surface area contributed by atoms with Crippen molar-refractivity contribution in [1.82, 2.24) is 20.7 Å². The molecule has 2 N–H and O–H groups in total. The Balaban J connectivity index is 1.66. The van der Waals surface area contributed by atoms with Crippen molar-refractivity contribution in [3.63, 3.8) is 0 Å². The molecule has 0 bridgehead atoms. The quantitative estimate of drug-likeness (QED) is 0.554. The molecule has 9 heteroatoms. The highest BCUT2D eigenvalue weighted by Gasteiger charge is 2.42. The zero-order chi connectivity index (χ0) is 18.1. The number of carbonyl (C=O) groups excluding carboxylic acids is 2. The fourth-order valence-electron chi connectivity index (χ4n) is 3.16. The minimum Gasteiger partial charge on any atom is -0.336 e. The molecular weight excluding hydrogens is 415 g/mol. The maximum atomic E-state index is 13.2.